The number of aryl methyl sites for hydroxylation is 1. The number of carbonyl (C=O) groups is 2. The van der Waals surface area contributed by atoms with E-state index in [1.165, 1.54) is 0 Å². The van der Waals surface area contributed by atoms with Gasteiger partial charge in [0, 0.05) is 17.3 Å². The summed E-state index contributed by atoms with van der Waals surface area (Å²) in [5.41, 5.74) is 1.46. The van der Waals surface area contributed by atoms with Crippen LogP contribution in [-0.2, 0) is 4.79 Å². The Morgan fingerprint density at radius 3 is 2.64 bits per heavy atom. The molecule has 4 N–H and O–H groups in total. The molecule has 1 aromatic heterocycles. The summed E-state index contributed by atoms with van der Waals surface area (Å²) >= 11 is 0. The number of anilines is 1. The van der Waals surface area contributed by atoms with E-state index < -0.39 is 5.97 Å². The van der Waals surface area contributed by atoms with Gasteiger partial charge in [0.15, 0.2) is 5.82 Å². The van der Waals surface area contributed by atoms with Crippen molar-refractivity contribution in [3.63, 3.8) is 0 Å². The smallest absolute Gasteiger partial charge is 0.319 e. The number of carbonyl (C=O) groups excluding carboxylic acids is 1. The summed E-state index contributed by atoms with van der Waals surface area (Å²) in [6, 6.07) is 7.03. The number of urea groups is 1. The van der Waals surface area contributed by atoms with Gasteiger partial charge < -0.3 is 15.7 Å². The van der Waals surface area contributed by atoms with Crippen LogP contribution in [0.25, 0.3) is 11.4 Å². The van der Waals surface area contributed by atoms with E-state index in [-0.39, 0.29) is 18.0 Å². The Balaban J connectivity index is 1.56. The summed E-state index contributed by atoms with van der Waals surface area (Å²) < 4.78 is 0. The fourth-order valence-electron chi connectivity index (χ4n) is 3.05. The lowest BCUT2D eigenvalue weighted by Gasteiger charge is -2.26. The van der Waals surface area contributed by atoms with E-state index >= 15 is 0 Å². The monoisotopic (exact) mass is 343 g/mol. The van der Waals surface area contributed by atoms with Gasteiger partial charge in [-0.3, -0.25) is 9.89 Å². The maximum atomic E-state index is 12.2. The van der Waals surface area contributed by atoms with Crippen molar-refractivity contribution in [1.82, 2.24) is 20.5 Å². The number of hydrogen-bond donors (Lipinski definition) is 4. The fraction of sp³-hybridized carbons (Fsp3) is 0.412. The van der Waals surface area contributed by atoms with Crippen molar-refractivity contribution in [3.05, 3.63) is 30.1 Å². The zero-order valence-electron chi connectivity index (χ0n) is 14.0. The van der Waals surface area contributed by atoms with Gasteiger partial charge in [0.1, 0.15) is 5.82 Å². The average molecular weight is 343 g/mol. The second-order valence-electron chi connectivity index (χ2n) is 6.31. The number of rotatable bonds is 4. The zero-order valence-corrected chi connectivity index (χ0v) is 14.0. The van der Waals surface area contributed by atoms with Crippen molar-refractivity contribution >= 4 is 17.7 Å². The molecule has 0 aliphatic heterocycles. The molecule has 0 unspecified atom stereocenters. The molecule has 1 saturated carbocycles. The number of nitrogens with zero attached hydrogens (tertiary/aromatic N) is 2. The SMILES string of the molecule is Cc1nc(-c2cccc(NC(=O)NC3CCC(C(=O)O)CC3)c2)n[nH]1. The Kier molecular flexibility index (Phi) is 4.97. The molecule has 3 rings (SSSR count). The Morgan fingerprint density at radius 2 is 2.00 bits per heavy atom. The molecule has 1 aliphatic carbocycles. The van der Waals surface area contributed by atoms with Crippen molar-refractivity contribution < 1.29 is 14.7 Å². The number of H-pyrrole nitrogens is 1. The van der Waals surface area contributed by atoms with Crippen LogP contribution in [0.4, 0.5) is 10.5 Å². The van der Waals surface area contributed by atoms with Gasteiger partial charge in [0.25, 0.3) is 0 Å². The molecule has 2 aromatic rings. The molecule has 0 bridgehead atoms. The van der Waals surface area contributed by atoms with Crippen LogP contribution in [0.3, 0.4) is 0 Å². The Hall–Kier alpha value is -2.90. The van der Waals surface area contributed by atoms with Gasteiger partial charge in [-0.1, -0.05) is 12.1 Å². The zero-order chi connectivity index (χ0) is 17.8. The molecule has 1 fully saturated rings. The van der Waals surface area contributed by atoms with Crippen LogP contribution in [0.2, 0.25) is 0 Å². The van der Waals surface area contributed by atoms with Crippen LogP contribution >= 0.6 is 0 Å². The molecule has 1 heterocycles. The maximum Gasteiger partial charge on any atom is 0.319 e. The highest BCUT2D eigenvalue weighted by molar-refractivity contribution is 5.90. The third kappa shape index (κ3) is 4.34. The summed E-state index contributed by atoms with van der Waals surface area (Å²) in [6.07, 6.45) is 2.56. The standard InChI is InChI=1S/C17H21N5O3/c1-10-18-15(22-21-10)12-3-2-4-14(9-12)20-17(25)19-13-7-5-11(6-8-13)16(23)24/h2-4,9,11,13H,5-8H2,1H3,(H,23,24)(H,18,21,22)(H2,19,20,25). The molecule has 0 radical (unpaired) electrons. The number of hydrogen-bond acceptors (Lipinski definition) is 4. The molecule has 25 heavy (non-hydrogen) atoms. The first-order valence-corrected chi connectivity index (χ1v) is 8.31. The molecular weight excluding hydrogens is 322 g/mol. The summed E-state index contributed by atoms with van der Waals surface area (Å²) in [5.74, 6) is 0.265. The van der Waals surface area contributed by atoms with Crippen LogP contribution in [-0.4, -0.2) is 38.3 Å². The number of nitrogens with one attached hydrogen (secondary N) is 3. The molecule has 132 valence electrons. The molecule has 0 spiro atoms. The first-order chi connectivity index (χ1) is 12.0. The summed E-state index contributed by atoms with van der Waals surface area (Å²) in [5, 5.41) is 21.6. The number of aromatic nitrogens is 3. The molecule has 8 heteroatoms. The third-order valence-corrected chi connectivity index (χ3v) is 4.39. The van der Waals surface area contributed by atoms with E-state index in [0.29, 0.717) is 37.2 Å². The summed E-state index contributed by atoms with van der Waals surface area (Å²) in [6.45, 7) is 1.82. The second kappa shape index (κ2) is 7.33. The lowest BCUT2D eigenvalue weighted by Crippen LogP contribution is -2.40. The minimum atomic E-state index is -0.748. The topological polar surface area (TPSA) is 120 Å². The Morgan fingerprint density at radius 1 is 1.24 bits per heavy atom. The molecule has 1 aromatic carbocycles. The molecule has 1 aliphatic rings. The van der Waals surface area contributed by atoms with Gasteiger partial charge in [-0.2, -0.15) is 5.10 Å². The van der Waals surface area contributed by atoms with Crippen molar-refractivity contribution in [2.24, 2.45) is 5.92 Å². The average Bonchev–Trinajstić information content (AvgIpc) is 3.02. The van der Waals surface area contributed by atoms with Gasteiger partial charge in [-0.05, 0) is 44.7 Å². The number of benzene rings is 1. The fourth-order valence-corrected chi connectivity index (χ4v) is 3.05. The van der Waals surface area contributed by atoms with Crippen molar-refractivity contribution in [2.45, 2.75) is 38.6 Å². The highest BCUT2D eigenvalue weighted by Gasteiger charge is 2.26. The van der Waals surface area contributed by atoms with Gasteiger partial charge in [-0.25, -0.2) is 9.78 Å². The van der Waals surface area contributed by atoms with E-state index in [9.17, 15) is 9.59 Å². The third-order valence-electron chi connectivity index (χ3n) is 4.39. The first-order valence-electron chi connectivity index (χ1n) is 8.31. The number of amides is 2. The molecular formula is C17H21N5O3. The number of carboxylic acids is 1. The predicted octanol–water partition coefficient (Wildman–Crippen LogP) is 2.55. The summed E-state index contributed by atoms with van der Waals surface area (Å²) in [4.78, 5) is 27.4. The highest BCUT2D eigenvalue weighted by atomic mass is 16.4. The quantitative estimate of drug-likeness (QED) is 0.680. The maximum absolute atomic E-state index is 12.2. The Labute approximate surface area is 145 Å². The van der Waals surface area contributed by atoms with E-state index in [1.54, 1.807) is 6.07 Å². The van der Waals surface area contributed by atoms with Gasteiger partial charge in [-0.15, -0.1) is 0 Å². The van der Waals surface area contributed by atoms with Gasteiger partial charge >= 0.3 is 12.0 Å². The number of aromatic amines is 1. The van der Waals surface area contributed by atoms with E-state index in [4.69, 9.17) is 5.11 Å². The summed E-state index contributed by atoms with van der Waals surface area (Å²) in [7, 11) is 0. The van der Waals surface area contributed by atoms with Crippen LogP contribution in [0.5, 0.6) is 0 Å². The minimum Gasteiger partial charge on any atom is -0.481 e. The first kappa shape index (κ1) is 16.9. The Bertz CT molecular complexity index is 765. The van der Waals surface area contributed by atoms with Crippen LogP contribution in [0, 0.1) is 12.8 Å². The lowest BCUT2D eigenvalue weighted by atomic mass is 9.86. The van der Waals surface area contributed by atoms with Crippen molar-refractivity contribution in [3.8, 4) is 11.4 Å². The largest absolute Gasteiger partial charge is 0.481 e. The van der Waals surface area contributed by atoms with Gasteiger partial charge in [0.2, 0.25) is 0 Å². The lowest BCUT2D eigenvalue weighted by molar-refractivity contribution is -0.142. The molecule has 0 saturated heterocycles. The van der Waals surface area contributed by atoms with Crippen molar-refractivity contribution in [2.75, 3.05) is 5.32 Å². The predicted molar refractivity (Wildman–Crippen MR) is 92.1 cm³/mol. The van der Waals surface area contributed by atoms with E-state index in [0.717, 1.165) is 11.4 Å². The van der Waals surface area contributed by atoms with Gasteiger partial charge in [0.05, 0.1) is 5.92 Å². The van der Waals surface area contributed by atoms with Crippen LogP contribution in [0.1, 0.15) is 31.5 Å². The number of carboxylic acid groups (broad SMARTS) is 1. The van der Waals surface area contributed by atoms with Crippen molar-refractivity contribution in [1.29, 1.82) is 0 Å². The molecule has 2 amide bonds. The minimum absolute atomic E-state index is 0.00874. The number of aliphatic carboxylic acids is 1. The second-order valence-corrected chi connectivity index (χ2v) is 6.31. The van der Waals surface area contributed by atoms with E-state index in [2.05, 4.69) is 25.8 Å². The van der Waals surface area contributed by atoms with Crippen LogP contribution < -0.4 is 10.6 Å². The highest BCUT2D eigenvalue weighted by Crippen LogP contribution is 2.24. The van der Waals surface area contributed by atoms with E-state index in [1.807, 2.05) is 25.1 Å². The van der Waals surface area contributed by atoms with Crippen LogP contribution in [0.15, 0.2) is 24.3 Å². The molecule has 8 nitrogen and oxygen atoms in total. The normalized spacial score (nSPS) is 20.0. The molecule has 0 atom stereocenters.